The molecule has 0 aliphatic rings. The lowest BCUT2D eigenvalue weighted by Gasteiger charge is -2.08. The number of rotatable bonds is 8. The van der Waals surface area contributed by atoms with E-state index in [-0.39, 0.29) is 30.6 Å². The molecule has 0 aliphatic heterocycles. The van der Waals surface area contributed by atoms with Crippen LogP contribution in [0.5, 0.6) is 0 Å². The maximum Gasteiger partial charge on any atom is 0.239 e. The number of nitrogens with one attached hydrogen (secondary N) is 2. The molecule has 6 heteroatoms. The van der Waals surface area contributed by atoms with Crippen LogP contribution in [0.15, 0.2) is 60.8 Å². The standard InChI is InChI=1S/C21H22FN3O2/c22-18-7-3-5-16(13-18)14-20(26)24-15-21(27)23-10-4-11-25-12-9-17-6-1-2-8-19(17)25/h1-3,5-9,12-13H,4,10-11,14-15H2,(H,23,27)(H,24,26). The van der Waals surface area contributed by atoms with E-state index in [2.05, 4.69) is 33.4 Å². The number of fused-ring (bicyclic) bond motifs is 1. The molecule has 2 N–H and O–H groups in total. The first-order valence-corrected chi connectivity index (χ1v) is 8.93. The van der Waals surface area contributed by atoms with Crippen LogP contribution in [0.25, 0.3) is 10.9 Å². The summed E-state index contributed by atoms with van der Waals surface area (Å²) in [6, 6.07) is 16.1. The number of amides is 2. The van der Waals surface area contributed by atoms with Crippen molar-refractivity contribution >= 4 is 22.7 Å². The second-order valence-corrected chi connectivity index (χ2v) is 6.35. The van der Waals surface area contributed by atoms with E-state index in [0.717, 1.165) is 13.0 Å². The van der Waals surface area contributed by atoms with Gasteiger partial charge in [0.1, 0.15) is 5.82 Å². The first-order chi connectivity index (χ1) is 13.1. The van der Waals surface area contributed by atoms with Crippen molar-refractivity contribution in [3.8, 4) is 0 Å². The molecule has 140 valence electrons. The van der Waals surface area contributed by atoms with Crippen LogP contribution in [0, 0.1) is 5.82 Å². The Labute approximate surface area is 157 Å². The predicted molar refractivity (Wildman–Crippen MR) is 103 cm³/mol. The van der Waals surface area contributed by atoms with Crippen molar-refractivity contribution in [1.29, 1.82) is 0 Å². The zero-order valence-corrected chi connectivity index (χ0v) is 15.0. The van der Waals surface area contributed by atoms with Gasteiger partial charge >= 0.3 is 0 Å². The van der Waals surface area contributed by atoms with Crippen molar-refractivity contribution in [3.05, 3.63) is 72.2 Å². The molecule has 0 fully saturated rings. The van der Waals surface area contributed by atoms with E-state index in [1.807, 2.05) is 18.3 Å². The molecule has 1 heterocycles. The van der Waals surface area contributed by atoms with Gasteiger partial charge in [0.15, 0.2) is 0 Å². The zero-order chi connectivity index (χ0) is 19.1. The van der Waals surface area contributed by atoms with Crippen LogP contribution >= 0.6 is 0 Å². The van der Waals surface area contributed by atoms with Gasteiger partial charge < -0.3 is 15.2 Å². The second-order valence-electron chi connectivity index (χ2n) is 6.35. The number of para-hydroxylation sites is 1. The van der Waals surface area contributed by atoms with Crippen LogP contribution in [-0.2, 0) is 22.6 Å². The topological polar surface area (TPSA) is 63.1 Å². The van der Waals surface area contributed by atoms with E-state index in [1.165, 1.54) is 23.0 Å². The summed E-state index contributed by atoms with van der Waals surface area (Å²) < 4.78 is 15.3. The summed E-state index contributed by atoms with van der Waals surface area (Å²) in [4.78, 5) is 23.7. The number of carbonyl (C=O) groups excluding carboxylic acids is 2. The molecule has 3 rings (SSSR count). The molecule has 0 bridgehead atoms. The number of carbonyl (C=O) groups is 2. The van der Waals surface area contributed by atoms with Gasteiger partial charge in [0.05, 0.1) is 13.0 Å². The molecule has 2 aromatic carbocycles. The highest BCUT2D eigenvalue weighted by atomic mass is 19.1. The molecule has 0 atom stereocenters. The van der Waals surface area contributed by atoms with E-state index in [0.29, 0.717) is 12.1 Å². The van der Waals surface area contributed by atoms with Gasteiger partial charge in [0.25, 0.3) is 0 Å². The van der Waals surface area contributed by atoms with Gasteiger partial charge in [-0.05, 0) is 41.6 Å². The average Bonchev–Trinajstić information content (AvgIpc) is 3.07. The molecule has 3 aromatic rings. The third-order valence-electron chi connectivity index (χ3n) is 4.28. The van der Waals surface area contributed by atoms with Crippen molar-refractivity contribution < 1.29 is 14.0 Å². The van der Waals surface area contributed by atoms with Gasteiger partial charge in [-0.3, -0.25) is 9.59 Å². The molecule has 27 heavy (non-hydrogen) atoms. The molecule has 0 saturated heterocycles. The highest BCUT2D eigenvalue weighted by Crippen LogP contribution is 2.15. The average molecular weight is 367 g/mol. The molecule has 0 saturated carbocycles. The number of hydrogen-bond acceptors (Lipinski definition) is 2. The SMILES string of the molecule is O=C(CNC(=O)Cc1cccc(F)c1)NCCCn1ccc2ccccc21. The summed E-state index contributed by atoms with van der Waals surface area (Å²) in [5.41, 5.74) is 1.75. The molecule has 0 unspecified atom stereocenters. The van der Waals surface area contributed by atoms with Crippen LogP contribution in [0.2, 0.25) is 0 Å². The quantitative estimate of drug-likeness (QED) is 0.601. The number of nitrogens with zero attached hydrogens (tertiary/aromatic N) is 1. The summed E-state index contributed by atoms with van der Waals surface area (Å²) in [5.74, 6) is -0.928. The summed E-state index contributed by atoms with van der Waals surface area (Å²) >= 11 is 0. The van der Waals surface area contributed by atoms with Gasteiger partial charge in [0, 0.05) is 24.8 Å². The maximum absolute atomic E-state index is 13.1. The van der Waals surface area contributed by atoms with Crippen LogP contribution in [0.3, 0.4) is 0 Å². The Kier molecular flexibility index (Phi) is 6.20. The summed E-state index contributed by atoms with van der Waals surface area (Å²) in [7, 11) is 0. The molecule has 0 spiro atoms. The highest BCUT2D eigenvalue weighted by Gasteiger charge is 2.07. The lowest BCUT2D eigenvalue weighted by molar-refractivity contribution is -0.125. The molecular weight excluding hydrogens is 345 g/mol. The molecule has 1 aromatic heterocycles. The van der Waals surface area contributed by atoms with E-state index in [1.54, 1.807) is 12.1 Å². The lowest BCUT2D eigenvalue weighted by Crippen LogP contribution is -2.38. The van der Waals surface area contributed by atoms with Gasteiger partial charge in [0.2, 0.25) is 11.8 Å². The van der Waals surface area contributed by atoms with Gasteiger partial charge in [-0.1, -0.05) is 30.3 Å². The van der Waals surface area contributed by atoms with Crippen molar-refractivity contribution in [2.75, 3.05) is 13.1 Å². The van der Waals surface area contributed by atoms with Crippen molar-refractivity contribution in [1.82, 2.24) is 15.2 Å². The van der Waals surface area contributed by atoms with Crippen LogP contribution < -0.4 is 10.6 Å². The van der Waals surface area contributed by atoms with Gasteiger partial charge in [-0.2, -0.15) is 0 Å². The van der Waals surface area contributed by atoms with E-state index >= 15 is 0 Å². The minimum absolute atomic E-state index is 0.0474. The minimum Gasteiger partial charge on any atom is -0.355 e. The van der Waals surface area contributed by atoms with Crippen molar-refractivity contribution in [3.63, 3.8) is 0 Å². The monoisotopic (exact) mass is 367 g/mol. The first-order valence-electron chi connectivity index (χ1n) is 8.93. The molecule has 5 nitrogen and oxygen atoms in total. The van der Waals surface area contributed by atoms with Crippen molar-refractivity contribution in [2.45, 2.75) is 19.4 Å². The molecule has 0 aliphatic carbocycles. The third kappa shape index (κ3) is 5.41. The Balaban J connectivity index is 1.34. The number of halogens is 1. The number of hydrogen-bond donors (Lipinski definition) is 2. The second kappa shape index (κ2) is 8.98. The minimum atomic E-state index is -0.381. The fraction of sp³-hybridized carbons (Fsp3) is 0.238. The Bertz CT molecular complexity index is 936. The predicted octanol–water partition coefficient (Wildman–Crippen LogP) is 2.65. The van der Waals surface area contributed by atoms with Crippen LogP contribution in [0.4, 0.5) is 4.39 Å². The van der Waals surface area contributed by atoms with Gasteiger partial charge in [-0.15, -0.1) is 0 Å². The highest BCUT2D eigenvalue weighted by molar-refractivity contribution is 5.85. The van der Waals surface area contributed by atoms with E-state index < -0.39 is 0 Å². The Hall–Kier alpha value is -3.15. The number of aromatic nitrogens is 1. The molecule has 0 radical (unpaired) electrons. The Morgan fingerprint density at radius 2 is 1.81 bits per heavy atom. The molecular formula is C21H22FN3O2. The van der Waals surface area contributed by atoms with E-state index in [9.17, 15) is 14.0 Å². The number of benzene rings is 2. The number of aryl methyl sites for hydroxylation is 1. The fourth-order valence-corrected chi connectivity index (χ4v) is 2.95. The van der Waals surface area contributed by atoms with E-state index in [4.69, 9.17) is 0 Å². The Morgan fingerprint density at radius 3 is 2.67 bits per heavy atom. The zero-order valence-electron chi connectivity index (χ0n) is 15.0. The third-order valence-corrected chi connectivity index (χ3v) is 4.28. The summed E-state index contributed by atoms with van der Waals surface area (Å²) in [5, 5.41) is 6.54. The normalized spacial score (nSPS) is 10.7. The fourth-order valence-electron chi connectivity index (χ4n) is 2.95. The van der Waals surface area contributed by atoms with Gasteiger partial charge in [-0.25, -0.2) is 4.39 Å². The van der Waals surface area contributed by atoms with Crippen LogP contribution in [-0.4, -0.2) is 29.5 Å². The lowest BCUT2D eigenvalue weighted by atomic mass is 10.1. The largest absolute Gasteiger partial charge is 0.355 e. The molecule has 2 amide bonds. The Morgan fingerprint density at radius 1 is 0.963 bits per heavy atom. The first kappa shape index (κ1) is 18.6. The van der Waals surface area contributed by atoms with Crippen LogP contribution in [0.1, 0.15) is 12.0 Å². The summed E-state index contributed by atoms with van der Waals surface area (Å²) in [6.45, 7) is 1.26. The van der Waals surface area contributed by atoms with Crippen molar-refractivity contribution in [2.24, 2.45) is 0 Å². The maximum atomic E-state index is 13.1. The smallest absolute Gasteiger partial charge is 0.239 e. The summed E-state index contributed by atoms with van der Waals surface area (Å²) in [6.07, 6.45) is 2.88.